The summed E-state index contributed by atoms with van der Waals surface area (Å²) in [6, 6.07) is 4.36. The number of hydrogen-bond acceptors (Lipinski definition) is 7. The first-order chi connectivity index (χ1) is 18.5. The van der Waals surface area contributed by atoms with E-state index in [1.54, 1.807) is 0 Å². The monoisotopic (exact) mass is 541 g/mol. The van der Waals surface area contributed by atoms with Gasteiger partial charge < -0.3 is 25.2 Å². The molecule has 1 amide bonds. The van der Waals surface area contributed by atoms with Crippen LogP contribution in [-0.2, 0) is 0 Å². The number of carbonyl (C=O) groups is 2. The molecule has 0 spiro atoms. The molecule has 1 aromatic heterocycles. The molecule has 2 unspecified atom stereocenters. The Bertz CT molecular complexity index is 1590. The number of anilines is 2. The van der Waals surface area contributed by atoms with Crippen LogP contribution in [0.15, 0.2) is 35.3 Å². The van der Waals surface area contributed by atoms with Crippen molar-refractivity contribution in [2.75, 3.05) is 23.3 Å². The van der Waals surface area contributed by atoms with Crippen LogP contribution in [-0.4, -0.2) is 51.6 Å². The van der Waals surface area contributed by atoms with Crippen molar-refractivity contribution in [2.45, 2.75) is 44.8 Å². The molecular weight excluding hydrogens is 516 g/mol. The average molecular weight is 542 g/mol. The smallest absolute Gasteiger partial charge is 0.341 e. The minimum atomic E-state index is -1.60. The van der Waals surface area contributed by atoms with Gasteiger partial charge in [0.1, 0.15) is 16.8 Å². The van der Waals surface area contributed by atoms with Gasteiger partial charge in [0, 0.05) is 43.5 Å². The maximum atomic E-state index is 16.4. The van der Waals surface area contributed by atoms with Crippen LogP contribution in [0.3, 0.4) is 0 Å². The lowest BCUT2D eigenvalue weighted by Crippen LogP contribution is -2.54. The summed E-state index contributed by atoms with van der Waals surface area (Å²) in [5.74, 6) is -5.02. The van der Waals surface area contributed by atoms with Crippen molar-refractivity contribution >= 4 is 39.8 Å². The average Bonchev–Trinajstić information content (AvgIpc) is 3.71. The van der Waals surface area contributed by atoms with Crippen molar-refractivity contribution in [3.05, 3.63) is 73.6 Å². The SMILES string of the molecule is CC1CN(c2c(F)c(NC(=O)c3ccccc3[N+](=O)[O-])c3c(=O)c(C(=O)O)cn(C4CC4)c3c2F)CC(C)N1. The Balaban J connectivity index is 1.81. The molecule has 13 heteroatoms. The Morgan fingerprint density at radius 2 is 1.74 bits per heavy atom. The fraction of sp³-hybridized carbons (Fsp3) is 0.346. The first kappa shape index (κ1) is 26.2. The molecular formula is C26H25F2N5O6. The Hall–Kier alpha value is -4.39. The van der Waals surface area contributed by atoms with E-state index in [0.29, 0.717) is 12.8 Å². The number of carboxylic acids is 1. The van der Waals surface area contributed by atoms with Crippen molar-refractivity contribution in [3.63, 3.8) is 0 Å². The van der Waals surface area contributed by atoms with Crippen LogP contribution in [0.1, 0.15) is 53.4 Å². The molecule has 1 aliphatic heterocycles. The Morgan fingerprint density at radius 3 is 2.33 bits per heavy atom. The molecule has 11 nitrogen and oxygen atoms in total. The second kappa shape index (κ2) is 9.73. The number of rotatable bonds is 6. The maximum absolute atomic E-state index is 16.4. The number of hydrogen-bond donors (Lipinski definition) is 3. The van der Waals surface area contributed by atoms with Gasteiger partial charge in [0.2, 0.25) is 5.43 Å². The summed E-state index contributed by atoms with van der Waals surface area (Å²) in [5.41, 5.74) is -4.41. The van der Waals surface area contributed by atoms with E-state index in [2.05, 4.69) is 10.6 Å². The van der Waals surface area contributed by atoms with E-state index < -0.39 is 67.4 Å². The number of nitro groups is 1. The molecule has 2 aromatic carbocycles. The van der Waals surface area contributed by atoms with Crippen LogP contribution in [0.5, 0.6) is 0 Å². The number of aromatic nitrogens is 1. The Labute approximate surface area is 220 Å². The Kier molecular flexibility index (Phi) is 6.54. The zero-order valence-electron chi connectivity index (χ0n) is 21.0. The molecule has 1 aliphatic carbocycles. The third kappa shape index (κ3) is 4.58. The lowest BCUT2D eigenvalue weighted by atomic mass is 10.0. The van der Waals surface area contributed by atoms with E-state index in [0.717, 1.165) is 18.3 Å². The highest BCUT2D eigenvalue weighted by molar-refractivity contribution is 6.12. The highest BCUT2D eigenvalue weighted by Gasteiger charge is 2.36. The van der Waals surface area contributed by atoms with Crippen LogP contribution in [0.2, 0.25) is 0 Å². The van der Waals surface area contributed by atoms with E-state index in [4.69, 9.17) is 0 Å². The van der Waals surface area contributed by atoms with E-state index in [1.165, 1.54) is 21.6 Å². The standard InChI is InChI=1S/C26H25F2N5O6/c1-12-9-31(10-13(2)29-12)23-19(27)21(30-25(35)15-5-3-4-6-17(15)33(38)39)18-22(20(23)28)32(14-7-8-14)11-16(24(18)34)26(36)37/h3-6,11-14,29H,7-10H2,1-2H3,(H,30,35)(H,36,37). The van der Waals surface area contributed by atoms with Gasteiger partial charge in [-0.1, -0.05) is 12.1 Å². The third-order valence-electron chi connectivity index (χ3n) is 6.96. The molecule has 0 bridgehead atoms. The third-order valence-corrected chi connectivity index (χ3v) is 6.96. The van der Waals surface area contributed by atoms with Crippen LogP contribution >= 0.6 is 0 Å². The highest BCUT2D eigenvalue weighted by Crippen LogP contribution is 2.43. The van der Waals surface area contributed by atoms with Gasteiger partial charge in [-0.25, -0.2) is 13.6 Å². The minimum absolute atomic E-state index is 0.145. The van der Waals surface area contributed by atoms with Crippen LogP contribution < -0.4 is 21.0 Å². The number of nitro benzene ring substituents is 1. The summed E-state index contributed by atoms with van der Waals surface area (Å²) in [5, 5.41) is 26.0. The Morgan fingerprint density at radius 1 is 1.10 bits per heavy atom. The zero-order valence-corrected chi connectivity index (χ0v) is 21.0. The predicted octanol–water partition coefficient (Wildman–Crippen LogP) is 3.66. The van der Waals surface area contributed by atoms with Gasteiger partial charge in [0.05, 0.1) is 21.5 Å². The number of halogens is 2. The summed E-state index contributed by atoms with van der Waals surface area (Å²) in [4.78, 5) is 50.7. The van der Waals surface area contributed by atoms with Crippen LogP contribution in [0.4, 0.5) is 25.8 Å². The molecule has 1 saturated heterocycles. The van der Waals surface area contributed by atoms with Gasteiger partial charge in [0.25, 0.3) is 11.6 Å². The van der Waals surface area contributed by atoms with Gasteiger partial charge in [0.15, 0.2) is 11.6 Å². The van der Waals surface area contributed by atoms with Crippen LogP contribution in [0, 0.1) is 21.7 Å². The van der Waals surface area contributed by atoms with Gasteiger partial charge in [-0.15, -0.1) is 0 Å². The number of para-hydroxylation sites is 1. The lowest BCUT2D eigenvalue weighted by molar-refractivity contribution is -0.385. The number of aromatic carboxylic acids is 1. The van der Waals surface area contributed by atoms with Crippen molar-refractivity contribution < 1.29 is 28.4 Å². The van der Waals surface area contributed by atoms with Gasteiger partial charge in [-0.2, -0.15) is 0 Å². The molecule has 0 radical (unpaired) electrons. The quantitative estimate of drug-likeness (QED) is 0.317. The predicted molar refractivity (Wildman–Crippen MR) is 139 cm³/mol. The zero-order chi connectivity index (χ0) is 28.2. The highest BCUT2D eigenvalue weighted by atomic mass is 19.1. The second-order valence-corrected chi connectivity index (χ2v) is 9.99. The molecule has 2 fully saturated rings. The summed E-state index contributed by atoms with van der Waals surface area (Å²) in [6.45, 7) is 4.11. The van der Waals surface area contributed by atoms with Gasteiger partial charge in [-0.05, 0) is 32.8 Å². The second-order valence-electron chi connectivity index (χ2n) is 9.99. The summed E-state index contributed by atoms with van der Waals surface area (Å²) in [7, 11) is 0. The van der Waals surface area contributed by atoms with E-state index in [9.17, 15) is 29.6 Å². The molecule has 39 heavy (non-hydrogen) atoms. The molecule has 3 N–H and O–H groups in total. The fourth-order valence-corrected chi connectivity index (χ4v) is 5.23. The number of fused-ring (bicyclic) bond motifs is 1. The largest absolute Gasteiger partial charge is 0.477 e. The molecule has 204 valence electrons. The first-order valence-corrected chi connectivity index (χ1v) is 12.4. The number of benzene rings is 2. The van der Waals surface area contributed by atoms with Gasteiger partial charge >= 0.3 is 5.97 Å². The number of nitrogens with one attached hydrogen (secondary N) is 2. The van der Waals surface area contributed by atoms with E-state index in [1.807, 2.05) is 13.8 Å². The van der Waals surface area contributed by atoms with E-state index >= 15 is 8.78 Å². The number of carboxylic acid groups (broad SMARTS) is 1. The number of amides is 1. The minimum Gasteiger partial charge on any atom is -0.477 e. The maximum Gasteiger partial charge on any atom is 0.341 e. The number of piperazine rings is 1. The van der Waals surface area contributed by atoms with E-state index in [-0.39, 0.29) is 36.7 Å². The topological polar surface area (TPSA) is 147 Å². The van der Waals surface area contributed by atoms with Crippen molar-refractivity contribution in [2.24, 2.45) is 0 Å². The van der Waals surface area contributed by atoms with Crippen molar-refractivity contribution in [1.29, 1.82) is 0 Å². The molecule has 5 rings (SSSR count). The molecule has 2 atom stereocenters. The summed E-state index contributed by atoms with van der Waals surface area (Å²) in [6.07, 6.45) is 2.22. The summed E-state index contributed by atoms with van der Waals surface area (Å²) >= 11 is 0. The fourth-order valence-electron chi connectivity index (χ4n) is 5.23. The first-order valence-electron chi connectivity index (χ1n) is 12.4. The molecule has 3 aromatic rings. The van der Waals surface area contributed by atoms with Crippen LogP contribution in [0.25, 0.3) is 10.9 Å². The number of carbonyl (C=O) groups excluding carboxylic acids is 1. The normalized spacial score (nSPS) is 19.2. The molecule has 2 heterocycles. The van der Waals surface area contributed by atoms with Crippen molar-refractivity contribution in [3.8, 4) is 0 Å². The number of pyridine rings is 1. The lowest BCUT2D eigenvalue weighted by Gasteiger charge is -2.38. The van der Waals surface area contributed by atoms with Crippen molar-refractivity contribution in [1.82, 2.24) is 9.88 Å². The molecule has 2 aliphatic rings. The summed E-state index contributed by atoms with van der Waals surface area (Å²) < 4.78 is 34.0. The number of nitrogens with zero attached hydrogens (tertiary/aromatic N) is 3. The molecule has 1 saturated carbocycles. The van der Waals surface area contributed by atoms with Gasteiger partial charge in [-0.3, -0.25) is 19.7 Å².